The van der Waals surface area contributed by atoms with Gasteiger partial charge in [0.1, 0.15) is 10.3 Å². The second kappa shape index (κ2) is 7.47. The number of fused-ring (bicyclic) bond motifs is 1. The largest absolute Gasteiger partial charge is 0.480 e. The highest BCUT2D eigenvalue weighted by Crippen LogP contribution is 2.32. The number of aliphatic carboxylic acids is 1. The molecule has 0 spiro atoms. The summed E-state index contributed by atoms with van der Waals surface area (Å²) in [6.45, 7) is 1.98. The number of thiophene rings is 1. The molecule has 0 saturated heterocycles. The summed E-state index contributed by atoms with van der Waals surface area (Å²) in [5.74, 6) is -1.27. The third kappa shape index (κ3) is 3.82. The van der Waals surface area contributed by atoms with E-state index in [-0.39, 0.29) is 4.21 Å². The molecule has 2 aromatic heterocycles. The van der Waals surface area contributed by atoms with Crippen molar-refractivity contribution in [2.75, 3.05) is 0 Å². The molecule has 0 aliphatic rings. The van der Waals surface area contributed by atoms with Crippen molar-refractivity contribution in [3.05, 3.63) is 78.0 Å². The van der Waals surface area contributed by atoms with Crippen LogP contribution in [0.5, 0.6) is 0 Å². The van der Waals surface area contributed by atoms with Crippen LogP contribution in [0.25, 0.3) is 21.3 Å². The van der Waals surface area contributed by atoms with Crippen molar-refractivity contribution in [3.8, 4) is 10.4 Å². The standard InChI is InChI=1S/C21H18N2O4S2/c1-13-6-8-14(9-7-13)18-10-11-19(28-18)29(26,27)23-20(21(24)25)16-12-22-17-5-3-2-4-15(16)17/h2-12,20,22-23H,1H3,(H,24,25). The summed E-state index contributed by atoms with van der Waals surface area (Å²) in [6.07, 6.45) is 1.53. The Hall–Kier alpha value is -2.94. The summed E-state index contributed by atoms with van der Waals surface area (Å²) in [6, 6.07) is 16.8. The fraction of sp³-hybridized carbons (Fsp3) is 0.0952. The number of carboxylic acids is 1. The lowest BCUT2D eigenvalue weighted by Crippen LogP contribution is -2.33. The van der Waals surface area contributed by atoms with Gasteiger partial charge in [-0.05, 0) is 30.7 Å². The number of para-hydroxylation sites is 1. The van der Waals surface area contributed by atoms with Crippen LogP contribution in [0.1, 0.15) is 17.2 Å². The molecule has 0 saturated carbocycles. The van der Waals surface area contributed by atoms with Crippen molar-refractivity contribution in [2.24, 2.45) is 0 Å². The Morgan fingerprint density at radius 1 is 1.07 bits per heavy atom. The molecule has 1 unspecified atom stereocenters. The monoisotopic (exact) mass is 426 g/mol. The highest BCUT2D eigenvalue weighted by atomic mass is 32.2. The normalized spacial score (nSPS) is 12.9. The van der Waals surface area contributed by atoms with Crippen LogP contribution in [0.3, 0.4) is 0 Å². The van der Waals surface area contributed by atoms with Gasteiger partial charge in [0.15, 0.2) is 0 Å². The number of aryl methyl sites for hydroxylation is 1. The molecule has 1 atom stereocenters. The number of aromatic amines is 1. The predicted octanol–water partition coefficient (Wildman–Crippen LogP) is 4.31. The van der Waals surface area contributed by atoms with Crippen LogP contribution in [0.15, 0.2) is 71.1 Å². The fourth-order valence-corrected chi connectivity index (χ4v) is 5.63. The van der Waals surface area contributed by atoms with Crippen LogP contribution in [0.4, 0.5) is 0 Å². The van der Waals surface area contributed by atoms with Gasteiger partial charge in [-0.2, -0.15) is 4.72 Å². The number of carbonyl (C=O) groups is 1. The Labute approximate surface area is 171 Å². The molecule has 0 aliphatic carbocycles. The molecule has 4 aromatic rings. The second-order valence-corrected chi connectivity index (χ2v) is 9.69. The van der Waals surface area contributed by atoms with Crippen LogP contribution in [0.2, 0.25) is 0 Å². The molecular weight excluding hydrogens is 408 g/mol. The maximum atomic E-state index is 12.9. The molecule has 0 radical (unpaired) electrons. The van der Waals surface area contributed by atoms with Crippen LogP contribution in [-0.2, 0) is 14.8 Å². The van der Waals surface area contributed by atoms with E-state index >= 15 is 0 Å². The molecule has 6 nitrogen and oxygen atoms in total. The molecule has 29 heavy (non-hydrogen) atoms. The van der Waals surface area contributed by atoms with E-state index in [1.807, 2.05) is 37.3 Å². The summed E-state index contributed by atoms with van der Waals surface area (Å²) < 4.78 is 28.2. The highest BCUT2D eigenvalue weighted by molar-refractivity contribution is 7.91. The number of rotatable bonds is 6. The first-order chi connectivity index (χ1) is 13.8. The lowest BCUT2D eigenvalue weighted by molar-refractivity contribution is -0.139. The van der Waals surface area contributed by atoms with Crippen LogP contribution in [0, 0.1) is 6.92 Å². The lowest BCUT2D eigenvalue weighted by atomic mass is 10.1. The van der Waals surface area contributed by atoms with Gasteiger partial charge in [0.25, 0.3) is 10.0 Å². The Morgan fingerprint density at radius 2 is 1.79 bits per heavy atom. The van der Waals surface area contributed by atoms with Gasteiger partial charge in [-0.15, -0.1) is 11.3 Å². The zero-order chi connectivity index (χ0) is 20.6. The average Bonchev–Trinajstić information content (AvgIpc) is 3.35. The minimum atomic E-state index is -4.02. The number of sulfonamides is 1. The van der Waals surface area contributed by atoms with E-state index in [4.69, 9.17) is 0 Å². The molecule has 3 N–H and O–H groups in total. The van der Waals surface area contributed by atoms with Crippen LogP contribution in [-0.4, -0.2) is 24.5 Å². The topological polar surface area (TPSA) is 99.3 Å². The molecule has 148 valence electrons. The number of benzene rings is 2. The Morgan fingerprint density at radius 3 is 2.52 bits per heavy atom. The summed E-state index contributed by atoms with van der Waals surface area (Å²) in [4.78, 5) is 15.7. The van der Waals surface area contributed by atoms with E-state index in [0.717, 1.165) is 32.9 Å². The van der Waals surface area contributed by atoms with Gasteiger partial charge in [0.2, 0.25) is 0 Å². The zero-order valence-corrected chi connectivity index (χ0v) is 17.0. The highest BCUT2D eigenvalue weighted by Gasteiger charge is 2.30. The molecule has 4 rings (SSSR count). The minimum absolute atomic E-state index is 0.0687. The number of aromatic nitrogens is 1. The number of nitrogens with one attached hydrogen (secondary N) is 2. The number of carboxylic acid groups (broad SMARTS) is 1. The summed E-state index contributed by atoms with van der Waals surface area (Å²) in [5, 5.41) is 10.3. The minimum Gasteiger partial charge on any atom is -0.480 e. The number of H-pyrrole nitrogens is 1. The van der Waals surface area contributed by atoms with Crippen molar-refractivity contribution < 1.29 is 18.3 Å². The van der Waals surface area contributed by atoms with E-state index in [2.05, 4.69) is 9.71 Å². The molecule has 8 heteroatoms. The third-order valence-corrected chi connectivity index (χ3v) is 7.68. The van der Waals surface area contributed by atoms with E-state index in [9.17, 15) is 18.3 Å². The van der Waals surface area contributed by atoms with Gasteiger partial charge >= 0.3 is 5.97 Å². The average molecular weight is 427 g/mol. The van der Waals surface area contributed by atoms with Gasteiger partial charge in [-0.1, -0.05) is 48.0 Å². The molecule has 2 aromatic carbocycles. The molecule has 0 amide bonds. The SMILES string of the molecule is Cc1ccc(-c2ccc(S(=O)(=O)NC(C(=O)O)c3c[nH]c4ccccc34)s2)cc1. The molecular formula is C21H18N2O4S2. The first kappa shape index (κ1) is 19.4. The van der Waals surface area contributed by atoms with Crippen molar-refractivity contribution in [3.63, 3.8) is 0 Å². The van der Waals surface area contributed by atoms with Gasteiger partial charge in [-0.25, -0.2) is 8.42 Å². The zero-order valence-electron chi connectivity index (χ0n) is 15.4. The van der Waals surface area contributed by atoms with Crippen LogP contribution < -0.4 is 4.72 Å². The Bertz CT molecular complexity index is 1290. The van der Waals surface area contributed by atoms with Crippen molar-refractivity contribution in [2.45, 2.75) is 17.2 Å². The summed E-state index contributed by atoms with van der Waals surface area (Å²) in [5.41, 5.74) is 3.13. The molecule has 0 aliphatic heterocycles. The number of hydrogen-bond acceptors (Lipinski definition) is 4. The van der Waals surface area contributed by atoms with Crippen LogP contribution >= 0.6 is 11.3 Å². The maximum absolute atomic E-state index is 12.9. The van der Waals surface area contributed by atoms with Crippen molar-refractivity contribution in [1.82, 2.24) is 9.71 Å². The number of hydrogen-bond donors (Lipinski definition) is 3. The Balaban J connectivity index is 1.66. The molecule has 0 bridgehead atoms. The van der Waals surface area contributed by atoms with Gasteiger partial charge in [0.05, 0.1) is 0 Å². The fourth-order valence-electron chi connectivity index (χ4n) is 3.13. The van der Waals surface area contributed by atoms with E-state index < -0.39 is 22.0 Å². The maximum Gasteiger partial charge on any atom is 0.326 e. The van der Waals surface area contributed by atoms with Crippen molar-refractivity contribution >= 4 is 38.2 Å². The van der Waals surface area contributed by atoms with Gasteiger partial charge in [-0.3, -0.25) is 4.79 Å². The van der Waals surface area contributed by atoms with E-state index in [1.54, 1.807) is 24.3 Å². The second-order valence-electron chi connectivity index (χ2n) is 6.67. The first-order valence-electron chi connectivity index (χ1n) is 8.83. The molecule has 2 heterocycles. The van der Waals surface area contributed by atoms with Gasteiger partial charge < -0.3 is 10.1 Å². The van der Waals surface area contributed by atoms with E-state index in [1.165, 1.54) is 12.3 Å². The lowest BCUT2D eigenvalue weighted by Gasteiger charge is -2.13. The smallest absolute Gasteiger partial charge is 0.326 e. The predicted molar refractivity (Wildman–Crippen MR) is 113 cm³/mol. The van der Waals surface area contributed by atoms with E-state index in [0.29, 0.717) is 10.9 Å². The summed E-state index contributed by atoms with van der Waals surface area (Å²) >= 11 is 1.10. The summed E-state index contributed by atoms with van der Waals surface area (Å²) in [7, 11) is -4.02. The van der Waals surface area contributed by atoms with Crippen molar-refractivity contribution in [1.29, 1.82) is 0 Å². The quantitative estimate of drug-likeness (QED) is 0.428. The first-order valence-corrected chi connectivity index (χ1v) is 11.1. The van der Waals surface area contributed by atoms with Gasteiger partial charge in [0, 0.05) is 27.5 Å². The molecule has 0 fully saturated rings. The third-order valence-electron chi connectivity index (χ3n) is 4.63. The Kier molecular flexibility index (Phi) is 4.99.